The van der Waals surface area contributed by atoms with Gasteiger partial charge in [0.15, 0.2) is 18.6 Å². The van der Waals surface area contributed by atoms with Crippen LogP contribution in [0.15, 0.2) is 59.3 Å². The third kappa shape index (κ3) is 3.48. The number of rotatable bonds is 4. The van der Waals surface area contributed by atoms with Gasteiger partial charge < -0.3 is 14.5 Å². The SMILES string of the molecule is Cc1cc(NC(=O)COC(=O)c2ccc3ocnc3c2)c2ccccc2n1. The summed E-state index contributed by atoms with van der Waals surface area (Å²) in [4.78, 5) is 32.8. The second kappa shape index (κ2) is 6.87. The van der Waals surface area contributed by atoms with Crippen molar-refractivity contribution in [2.24, 2.45) is 0 Å². The molecular weight excluding hydrogens is 346 g/mol. The number of hydrogen-bond donors (Lipinski definition) is 1. The third-order valence-corrected chi connectivity index (χ3v) is 4.02. The number of ether oxygens (including phenoxy) is 1. The number of esters is 1. The number of carbonyl (C=O) groups excluding carboxylic acids is 2. The maximum Gasteiger partial charge on any atom is 0.338 e. The first kappa shape index (κ1) is 16.7. The number of pyridine rings is 1. The molecule has 0 aliphatic heterocycles. The highest BCUT2D eigenvalue weighted by atomic mass is 16.5. The van der Waals surface area contributed by atoms with Gasteiger partial charge in [-0.1, -0.05) is 18.2 Å². The lowest BCUT2D eigenvalue weighted by Crippen LogP contribution is -2.21. The first-order valence-corrected chi connectivity index (χ1v) is 8.27. The molecule has 7 heteroatoms. The van der Waals surface area contributed by atoms with Crippen LogP contribution in [0.3, 0.4) is 0 Å². The highest BCUT2D eigenvalue weighted by molar-refractivity contribution is 6.02. The van der Waals surface area contributed by atoms with Crippen molar-refractivity contribution in [1.29, 1.82) is 0 Å². The average Bonchev–Trinajstić information content (AvgIpc) is 3.13. The summed E-state index contributed by atoms with van der Waals surface area (Å²) in [7, 11) is 0. The summed E-state index contributed by atoms with van der Waals surface area (Å²) in [6.07, 6.45) is 1.30. The summed E-state index contributed by atoms with van der Waals surface area (Å²) in [5.74, 6) is -1.03. The Bertz CT molecular complexity index is 1170. The van der Waals surface area contributed by atoms with Crippen LogP contribution in [0.25, 0.3) is 22.0 Å². The van der Waals surface area contributed by atoms with E-state index in [1.54, 1.807) is 24.3 Å². The van der Waals surface area contributed by atoms with Crippen molar-refractivity contribution in [1.82, 2.24) is 9.97 Å². The Kier molecular flexibility index (Phi) is 4.25. The number of carbonyl (C=O) groups is 2. The highest BCUT2D eigenvalue weighted by Gasteiger charge is 2.13. The minimum atomic E-state index is -0.606. The first-order valence-electron chi connectivity index (χ1n) is 8.27. The summed E-state index contributed by atoms with van der Waals surface area (Å²) < 4.78 is 10.2. The lowest BCUT2D eigenvalue weighted by molar-refractivity contribution is -0.119. The summed E-state index contributed by atoms with van der Waals surface area (Å²) in [6.45, 7) is 1.45. The van der Waals surface area contributed by atoms with Crippen LogP contribution in [0, 0.1) is 6.92 Å². The van der Waals surface area contributed by atoms with Gasteiger partial charge in [0.2, 0.25) is 0 Å². The van der Waals surface area contributed by atoms with E-state index < -0.39 is 18.5 Å². The van der Waals surface area contributed by atoms with Crippen molar-refractivity contribution in [3.63, 3.8) is 0 Å². The normalized spacial score (nSPS) is 10.9. The number of fused-ring (bicyclic) bond motifs is 2. The van der Waals surface area contributed by atoms with Crippen molar-refractivity contribution < 1.29 is 18.7 Å². The number of oxazole rings is 1. The topological polar surface area (TPSA) is 94.3 Å². The molecule has 0 radical (unpaired) electrons. The minimum Gasteiger partial charge on any atom is -0.452 e. The molecular formula is C20H15N3O4. The van der Waals surface area contributed by atoms with Crippen LogP contribution < -0.4 is 5.32 Å². The van der Waals surface area contributed by atoms with Gasteiger partial charge in [-0.3, -0.25) is 9.78 Å². The average molecular weight is 361 g/mol. The van der Waals surface area contributed by atoms with Gasteiger partial charge >= 0.3 is 5.97 Å². The zero-order chi connectivity index (χ0) is 18.8. The summed E-state index contributed by atoms with van der Waals surface area (Å²) >= 11 is 0. The molecule has 0 fully saturated rings. The van der Waals surface area contributed by atoms with E-state index in [0.717, 1.165) is 16.6 Å². The van der Waals surface area contributed by atoms with Crippen molar-refractivity contribution in [2.75, 3.05) is 11.9 Å². The number of para-hydroxylation sites is 1. The number of benzene rings is 2. The number of amides is 1. The Morgan fingerprint density at radius 2 is 1.96 bits per heavy atom. The van der Waals surface area contributed by atoms with Crippen molar-refractivity contribution in [3.8, 4) is 0 Å². The minimum absolute atomic E-state index is 0.300. The van der Waals surface area contributed by atoms with Crippen LogP contribution in [0.5, 0.6) is 0 Å². The monoisotopic (exact) mass is 361 g/mol. The number of hydrogen-bond acceptors (Lipinski definition) is 6. The molecule has 1 amide bonds. The zero-order valence-electron chi connectivity index (χ0n) is 14.4. The number of nitrogens with zero attached hydrogens (tertiary/aromatic N) is 2. The molecule has 0 unspecified atom stereocenters. The fourth-order valence-electron chi connectivity index (χ4n) is 2.80. The van der Waals surface area contributed by atoms with E-state index in [0.29, 0.717) is 22.4 Å². The van der Waals surface area contributed by atoms with Crippen molar-refractivity contribution in [2.45, 2.75) is 6.92 Å². The fraction of sp³-hybridized carbons (Fsp3) is 0.100. The number of aromatic nitrogens is 2. The predicted octanol–water partition coefficient (Wildman–Crippen LogP) is 3.48. The van der Waals surface area contributed by atoms with E-state index in [2.05, 4.69) is 15.3 Å². The molecule has 0 atom stereocenters. The van der Waals surface area contributed by atoms with E-state index >= 15 is 0 Å². The third-order valence-electron chi connectivity index (χ3n) is 4.02. The van der Waals surface area contributed by atoms with E-state index in [1.165, 1.54) is 6.39 Å². The lowest BCUT2D eigenvalue weighted by Gasteiger charge is -2.10. The van der Waals surface area contributed by atoms with Gasteiger partial charge in [-0.05, 0) is 37.3 Å². The van der Waals surface area contributed by atoms with Gasteiger partial charge in [0, 0.05) is 11.1 Å². The second-order valence-corrected chi connectivity index (χ2v) is 5.99. The van der Waals surface area contributed by atoms with Crippen LogP contribution in [0.2, 0.25) is 0 Å². The first-order chi connectivity index (χ1) is 13.1. The van der Waals surface area contributed by atoms with E-state index in [4.69, 9.17) is 9.15 Å². The van der Waals surface area contributed by atoms with E-state index in [9.17, 15) is 9.59 Å². The molecule has 0 bridgehead atoms. The standard InChI is InChI=1S/C20H15N3O4/c1-12-8-16(14-4-2-3-5-15(14)22-12)23-19(24)10-26-20(25)13-6-7-18-17(9-13)21-11-27-18/h2-9,11H,10H2,1H3,(H,22,23,24). The number of aryl methyl sites for hydroxylation is 1. The Morgan fingerprint density at radius 1 is 1.11 bits per heavy atom. The Hall–Kier alpha value is -3.74. The van der Waals surface area contributed by atoms with Crippen LogP contribution in [-0.4, -0.2) is 28.5 Å². The van der Waals surface area contributed by atoms with Gasteiger partial charge in [0.25, 0.3) is 5.91 Å². The molecule has 0 saturated heterocycles. The van der Waals surface area contributed by atoms with Crippen LogP contribution in [0.1, 0.15) is 16.1 Å². The van der Waals surface area contributed by atoms with Gasteiger partial charge in [-0.25, -0.2) is 9.78 Å². The molecule has 0 saturated carbocycles. The number of anilines is 1. The molecule has 4 aromatic rings. The van der Waals surface area contributed by atoms with Gasteiger partial charge in [0.05, 0.1) is 16.8 Å². The summed E-state index contributed by atoms with van der Waals surface area (Å²) in [6, 6.07) is 14.0. The lowest BCUT2D eigenvalue weighted by atomic mass is 10.1. The molecule has 7 nitrogen and oxygen atoms in total. The number of nitrogens with one attached hydrogen (secondary N) is 1. The van der Waals surface area contributed by atoms with E-state index in [1.807, 2.05) is 31.2 Å². The van der Waals surface area contributed by atoms with Crippen LogP contribution in [0.4, 0.5) is 5.69 Å². The molecule has 0 spiro atoms. The van der Waals surface area contributed by atoms with Crippen molar-refractivity contribution >= 4 is 39.6 Å². The summed E-state index contributed by atoms with van der Waals surface area (Å²) in [5, 5.41) is 3.59. The molecule has 2 heterocycles. The van der Waals surface area contributed by atoms with Crippen LogP contribution >= 0.6 is 0 Å². The molecule has 4 rings (SSSR count). The van der Waals surface area contributed by atoms with Gasteiger partial charge in [0.1, 0.15) is 5.52 Å². The Balaban J connectivity index is 1.44. The second-order valence-electron chi connectivity index (χ2n) is 5.99. The predicted molar refractivity (Wildman–Crippen MR) is 99.4 cm³/mol. The molecule has 134 valence electrons. The molecule has 0 aliphatic rings. The smallest absolute Gasteiger partial charge is 0.338 e. The molecule has 27 heavy (non-hydrogen) atoms. The summed E-state index contributed by atoms with van der Waals surface area (Å²) in [5.41, 5.74) is 3.61. The molecule has 2 aromatic heterocycles. The molecule has 1 N–H and O–H groups in total. The zero-order valence-corrected chi connectivity index (χ0v) is 14.4. The Morgan fingerprint density at radius 3 is 2.85 bits per heavy atom. The quantitative estimate of drug-likeness (QED) is 0.559. The maximum absolute atomic E-state index is 12.2. The van der Waals surface area contributed by atoms with Gasteiger partial charge in [-0.2, -0.15) is 0 Å². The largest absolute Gasteiger partial charge is 0.452 e. The maximum atomic E-state index is 12.2. The van der Waals surface area contributed by atoms with E-state index in [-0.39, 0.29) is 0 Å². The highest BCUT2D eigenvalue weighted by Crippen LogP contribution is 2.23. The molecule has 2 aromatic carbocycles. The molecule has 0 aliphatic carbocycles. The fourth-order valence-corrected chi connectivity index (χ4v) is 2.80. The Labute approximate surface area is 154 Å². The van der Waals surface area contributed by atoms with Gasteiger partial charge in [-0.15, -0.1) is 0 Å². The van der Waals surface area contributed by atoms with Crippen LogP contribution in [-0.2, 0) is 9.53 Å². The van der Waals surface area contributed by atoms with Crippen molar-refractivity contribution in [3.05, 3.63) is 66.2 Å².